The Bertz CT molecular complexity index is 1550. The van der Waals surface area contributed by atoms with E-state index in [1.807, 2.05) is 42.7 Å². The van der Waals surface area contributed by atoms with E-state index in [1.54, 1.807) is 48.8 Å². The summed E-state index contributed by atoms with van der Waals surface area (Å²) in [5, 5.41) is 7.04. The van der Waals surface area contributed by atoms with Crippen molar-refractivity contribution in [3.05, 3.63) is 103 Å². The summed E-state index contributed by atoms with van der Waals surface area (Å²) in [4.78, 5) is 42.8. The third-order valence-electron chi connectivity index (χ3n) is 5.39. The van der Waals surface area contributed by atoms with Gasteiger partial charge >= 0.3 is 0 Å². The molecule has 0 spiro atoms. The fourth-order valence-electron chi connectivity index (χ4n) is 3.63. The van der Waals surface area contributed by atoms with Crippen molar-refractivity contribution in [1.82, 2.24) is 19.9 Å². The van der Waals surface area contributed by atoms with Gasteiger partial charge in [-0.25, -0.2) is 9.97 Å². The van der Waals surface area contributed by atoms with Crippen molar-refractivity contribution in [2.24, 2.45) is 0 Å². The molecule has 0 radical (unpaired) electrons. The lowest BCUT2D eigenvalue weighted by atomic mass is 10.1. The van der Waals surface area contributed by atoms with Crippen molar-refractivity contribution >= 4 is 46.0 Å². The van der Waals surface area contributed by atoms with Gasteiger partial charge in [0.25, 0.3) is 11.8 Å². The lowest BCUT2D eigenvalue weighted by Crippen LogP contribution is -2.14. The van der Waals surface area contributed by atoms with E-state index in [0.29, 0.717) is 33.5 Å². The second-order valence-corrected chi connectivity index (χ2v) is 8.50. The number of hydrogen-bond acceptors (Lipinski definition) is 7. The summed E-state index contributed by atoms with van der Waals surface area (Å²) >= 11 is 1.38. The molecular formula is C27H20N6O2S. The Morgan fingerprint density at radius 3 is 2.44 bits per heavy atom. The summed E-state index contributed by atoms with van der Waals surface area (Å²) in [6.45, 7) is 0. The minimum absolute atomic E-state index is 0.240. The summed E-state index contributed by atoms with van der Waals surface area (Å²) in [6.07, 6.45) is 6.62. The van der Waals surface area contributed by atoms with Crippen LogP contribution in [0, 0.1) is 0 Å². The molecule has 176 valence electrons. The largest absolute Gasteiger partial charge is 0.322 e. The Morgan fingerprint density at radius 1 is 0.833 bits per heavy atom. The second kappa shape index (κ2) is 10.3. The van der Waals surface area contributed by atoms with Crippen molar-refractivity contribution in [1.29, 1.82) is 0 Å². The average molecular weight is 493 g/mol. The van der Waals surface area contributed by atoms with Crippen molar-refractivity contribution in [3.63, 3.8) is 0 Å². The number of rotatable bonds is 6. The smallest absolute Gasteiger partial charge is 0.257 e. The van der Waals surface area contributed by atoms with Gasteiger partial charge in [0.05, 0.1) is 22.3 Å². The number of amides is 2. The maximum atomic E-state index is 13.1. The Morgan fingerprint density at radius 2 is 1.67 bits per heavy atom. The third kappa shape index (κ3) is 5.06. The number of nitrogens with one attached hydrogen (secondary N) is 2. The van der Waals surface area contributed by atoms with Crippen LogP contribution in [0.2, 0.25) is 0 Å². The number of thioether (sulfide) groups is 1. The van der Waals surface area contributed by atoms with Crippen LogP contribution in [0.5, 0.6) is 0 Å². The minimum atomic E-state index is -0.279. The number of fused-ring (bicyclic) bond motifs is 1. The normalized spacial score (nSPS) is 10.7. The molecule has 2 aromatic carbocycles. The number of benzene rings is 2. The van der Waals surface area contributed by atoms with Gasteiger partial charge in [0, 0.05) is 41.3 Å². The van der Waals surface area contributed by atoms with Gasteiger partial charge in [-0.2, -0.15) is 0 Å². The topological polar surface area (TPSA) is 110 Å². The minimum Gasteiger partial charge on any atom is -0.322 e. The van der Waals surface area contributed by atoms with Gasteiger partial charge in [-0.15, -0.1) is 0 Å². The highest BCUT2D eigenvalue weighted by Gasteiger charge is 2.14. The average Bonchev–Trinajstić information content (AvgIpc) is 2.93. The molecule has 0 fully saturated rings. The molecule has 5 aromatic rings. The van der Waals surface area contributed by atoms with E-state index in [4.69, 9.17) is 0 Å². The van der Waals surface area contributed by atoms with E-state index >= 15 is 0 Å². The molecule has 0 saturated heterocycles. The number of anilines is 2. The molecule has 36 heavy (non-hydrogen) atoms. The second-order valence-electron chi connectivity index (χ2n) is 7.73. The molecule has 0 aliphatic rings. The van der Waals surface area contributed by atoms with Crippen molar-refractivity contribution < 1.29 is 9.59 Å². The molecule has 0 unspecified atom stereocenters. The van der Waals surface area contributed by atoms with Crippen LogP contribution >= 0.6 is 11.8 Å². The number of carbonyl (C=O) groups excluding carboxylic acids is 2. The molecule has 3 aromatic heterocycles. The van der Waals surface area contributed by atoms with Crippen LogP contribution in [-0.2, 0) is 0 Å². The van der Waals surface area contributed by atoms with Crippen molar-refractivity contribution in [3.8, 4) is 11.3 Å². The zero-order valence-corrected chi connectivity index (χ0v) is 20.0. The van der Waals surface area contributed by atoms with Crippen LogP contribution < -0.4 is 10.6 Å². The fourth-order valence-corrected chi connectivity index (χ4v) is 4.01. The van der Waals surface area contributed by atoms with Crippen molar-refractivity contribution in [2.75, 3.05) is 16.9 Å². The number of hydrogen-bond donors (Lipinski definition) is 2. The summed E-state index contributed by atoms with van der Waals surface area (Å²) in [5.41, 5.74) is 3.84. The first kappa shape index (κ1) is 23.1. The Hall–Kier alpha value is -4.63. The van der Waals surface area contributed by atoms with E-state index in [2.05, 4.69) is 30.6 Å². The van der Waals surface area contributed by atoms with Crippen LogP contribution in [0.25, 0.3) is 22.2 Å². The van der Waals surface area contributed by atoms with E-state index in [0.717, 1.165) is 16.5 Å². The molecule has 0 aliphatic heterocycles. The molecular weight excluding hydrogens is 472 g/mol. The van der Waals surface area contributed by atoms with Crippen LogP contribution in [0.4, 0.5) is 11.5 Å². The fraction of sp³-hybridized carbons (Fsp3) is 0.0370. The van der Waals surface area contributed by atoms with Gasteiger partial charge in [-0.1, -0.05) is 42.1 Å². The van der Waals surface area contributed by atoms with Crippen LogP contribution in [0.3, 0.4) is 0 Å². The Balaban J connectivity index is 1.38. The quantitative estimate of drug-likeness (QED) is 0.244. The monoisotopic (exact) mass is 492 g/mol. The third-order valence-corrected chi connectivity index (χ3v) is 5.93. The van der Waals surface area contributed by atoms with Gasteiger partial charge in [-0.3, -0.25) is 19.6 Å². The zero-order chi connectivity index (χ0) is 24.9. The van der Waals surface area contributed by atoms with Crippen LogP contribution in [0.1, 0.15) is 20.7 Å². The molecule has 0 saturated carbocycles. The van der Waals surface area contributed by atoms with Gasteiger partial charge < -0.3 is 10.6 Å². The highest BCUT2D eigenvalue weighted by atomic mass is 32.2. The summed E-state index contributed by atoms with van der Waals surface area (Å²) in [7, 11) is 0. The number of aromatic nitrogens is 4. The van der Waals surface area contributed by atoms with Crippen LogP contribution in [0.15, 0.2) is 96.5 Å². The molecule has 0 atom stereocenters. The number of para-hydroxylation sites is 1. The first-order chi connectivity index (χ1) is 17.6. The van der Waals surface area contributed by atoms with Gasteiger partial charge in [0.1, 0.15) is 5.82 Å². The highest BCUT2D eigenvalue weighted by molar-refractivity contribution is 7.98. The lowest BCUT2D eigenvalue weighted by molar-refractivity contribution is 0.101. The molecule has 5 rings (SSSR count). The SMILES string of the molecule is CSc1nc(NC(=O)c2ccnc3ccccc23)cc(-c2ccc(NC(=O)c3cccnc3)cc2)n1. The first-order valence-corrected chi connectivity index (χ1v) is 12.2. The number of carbonyl (C=O) groups is 2. The van der Waals surface area contributed by atoms with E-state index < -0.39 is 0 Å². The molecule has 2 amide bonds. The zero-order valence-electron chi connectivity index (χ0n) is 19.2. The highest BCUT2D eigenvalue weighted by Crippen LogP contribution is 2.25. The predicted octanol–water partition coefficient (Wildman–Crippen LogP) is 5.31. The van der Waals surface area contributed by atoms with E-state index in [-0.39, 0.29) is 11.8 Å². The molecule has 8 nitrogen and oxygen atoms in total. The number of nitrogens with zero attached hydrogens (tertiary/aromatic N) is 4. The van der Waals surface area contributed by atoms with Crippen LogP contribution in [-0.4, -0.2) is 38.0 Å². The molecule has 3 heterocycles. The van der Waals surface area contributed by atoms with Gasteiger partial charge in [0.2, 0.25) is 0 Å². The lowest BCUT2D eigenvalue weighted by Gasteiger charge is -2.11. The summed E-state index contributed by atoms with van der Waals surface area (Å²) in [6, 6.07) is 21.6. The van der Waals surface area contributed by atoms with E-state index in [1.165, 1.54) is 18.0 Å². The Kier molecular flexibility index (Phi) is 6.63. The summed E-state index contributed by atoms with van der Waals surface area (Å²) < 4.78 is 0. The first-order valence-electron chi connectivity index (χ1n) is 11.0. The molecule has 0 bridgehead atoms. The van der Waals surface area contributed by atoms with Gasteiger partial charge in [-0.05, 0) is 42.7 Å². The van der Waals surface area contributed by atoms with E-state index in [9.17, 15) is 9.59 Å². The maximum Gasteiger partial charge on any atom is 0.257 e. The van der Waals surface area contributed by atoms with Crippen molar-refractivity contribution in [2.45, 2.75) is 5.16 Å². The Labute approximate surface area is 211 Å². The standard InChI is InChI=1S/C27H20N6O2S/c1-36-27-31-23(17-8-10-19(11-9-17)30-25(34)18-5-4-13-28-16-18)15-24(33-27)32-26(35)21-12-14-29-22-7-3-2-6-20(21)22/h2-16H,1H3,(H,30,34)(H,31,32,33,35). The molecule has 0 aliphatic carbocycles. The van der Waals surface area contributed by atoms with Gasteiger partial charge in [0.15, 0.2) is 5.16 Å². The number of pyridine rings is 2. The molecule has 9 heteroatoms. The maximum absolute atomic E-state index is 13.1. The molecule has 2 N–H and O–H groups in total. The summed E-state index contributed by atoms with van der Waals surface area (Å²) in [5.74, 6) is -0.126. The predicted molar refractivity (Wildman–Crippen MR) is 141 cm³/mol.